The fraction of sp³-hybridized carbons (Fsp3) is 0.0667. The van der Waals surface area contributed by atoms with E-state index in [1.807, 2.05) is 0 Å². The predicted molar refractivity (Wildman–Crippen MR) is 74.5 cm³/mol. The smallest absolute Gasteiger partial charge is 0.285 e. The first-order chi connectivity index (χ1) is 10.6. The Kier molecular flexibility index (Phi) is 3.40. The number of rotatable bonds is 4. The van der Waals surface area contributed by atoms with E-state index < -0.39 is 17.7 Å². The molecule has 0 atom stereocenters. The van der Waals surface area contributed by atoms with Crippen LogP contribution in [0.5, 0.6) is 0 Å². The van der Waals surface area contributed by atoms with Gasteiger partial charge in [-0.3, -0.25) is 19.2 Å². The van der Waals surface area contributed by atoms with E-state index in [0.29, 0.717) is 21.9 Å². The largest absolute Gasteiger partial charge is 0.364 e. The van der Waals surface area contributed by atoms with Gasteiger partial charge in [-0.05, 0) is 24.3 Å². The highest BCUT2D eigenvalue weighted by Gasteiger charge is 2.36. The van der Waals surface area contributed by atoms with Crippen LogP contribution in [0.15, 0.2) is 42.5 Å². The number of carbonyl (C=O) groups excluding carboxylic acids is 3. The molecule has 110 valence electrons. The molecule has 22 heavy (non-hydrogen) atoms. The number of pyridine rings is 1. The summed E-state index contributed by atoms with van der Waals surface area (Å²) < 4.78 is 0. The molecule has 1 aliphatic rings. The number of aromatic nitrogens is 1. The van der Waals surface area contributed by atoms with Gasteiger partial charge in [0, 0.05) is 0 Å². The highest BCUT2D eigenvalue weighted by Crippen LogP contribution is 2.23. The molecule has 7 nitrogen and oxygen atoms in total. The molecule has 0 unspecified atom stereocenters. The summed E-state index contributed by atoms with van der Waals surface area (Å²) in [6.07, 6.45) is 0. The van der Waals surface area contributed by atoms with Gasteiger partial charge in [0.05, 0.1) is 16.8 Å². The zero-order valence-corrected chi connectivity index (χ0v) is 11.4. The second-order valence-corrected chi connectivity index (χ2v) is 4.60. The van der Waals surface area contributed by atoms with Gasteiger partial charge in [-0.25, -0.2) is 4.98 Å². The molecular weight excluding hydrogens is 286 g/mol. The zero-order chi connectivity index (χ0) is 15.7. The topological polar surface area (TPSA) is 103 Å². The van der Waals surface area contributed by atoms with E-state index in [4.69, 9.17) is 10.6 Å². The van der Waals surface area contributed by atoms with E-state index in [-0.39, 0.29) is 12.3 Å². The molecule has 2 N–H and O–H groups in total. The van der Waals surface area contributed by atoms with Gasteiger partial charge in [-0.2, -0.15) is 0 Å². The Bertz CT molecular complexity index is 753. The van der Waals surface area contributed by atoms with Gasteiger partial charge in [0.2, 0.25) is 0 Å². The van der Waals surface area contributed by atoms with Crippen LogP contribution in [0.4, 0.5) is 0 Å². The summed E-state index contributed by atoms with van der Waals surface area (Å²) in [5.41, 5.74) is 6.21. The van der Waals surface area contributed by atoms with Gasteiger partial charge in [-0.1, -0.05) is 18.2 Å². The quantitative estimate of drug-likeness (QED) is 0.845. The van der Waals surface area contributed by atoms with Crippen molar-refractivity contribution in [2.75, 3.05) is 0 Å². The van der Waals surface area contributed by atoms with Crippen molar-refractivity contribution in [3.05, 3.63) is 65.0 Å². The van der Waals surface area contributed by atoms with Gasteiger partial charge in [-0.15, -0.1) is 5.06 Å². The first kappa shape index (κ1) is 13.9. The molecule has 3 rings (SSSR count). The number of primary amides is 1. The van der Waals surface area contributed by atoms with Crippen molar-refractivity contribution in [2.45, 2.75) is 6.61 Å². The van der Waals surface area contributed by atoms with E-state index in [0.717, 1.165) is 0 Å². The lowest BCUT2D eigenvalue weighted by Gasteiger charge is -2.13. The SMILES string of the molecule is NC(=O)c1cccc(CON2C(=O)c3ccccc3C2=O)n1. The van der Waals surface area contributed by atoms with E-state index in [9.17, 15) is 14.4 Å². The molecule has 2 heterocycles. The van der Waals surface area contributed by atoms with Crippen molar-refractivity contribution in [2.24, 2.45) is 5.73 Å². The van der Waals surface area contributed by atoms with Gasteiger partial charge in [0.15, 0.2) is 0 Å². The maximum Gasteiger partial charge on any atom is 0.285 e. The molecule has 1 aliphatic heterocycles. The number of hydrogen-bond donors (Lipinski definition) is 1. The molecule has 1 aromatic carbocycles. The normalized spacial score (nSPS) is 13.4. The highest BCUT2D eigenvalue weighted by molar-refractivity contribution is 6.20. The first-order valence-electron chi connectivity index (χ1n) is 6.44. The van der Waals surface area contributed by atoms with Crippen LogP contribution in [0.3, 0.4) is 0 Å². The number of nitrogens with zero attached hydrogens (tertiary/aromatic N) is 2. The van der Waals surface area contributed by atoms with Gasteiger partial charge in [0.25, 0.3) is 17.7 Å². The van der Waals surface area contributed by atoms with Gasteiger partial charge in [0.1, 0.15) is 12.3 Å². The third kappa shape index (κ3) is 2.33. The Hall–Kier alpha value is -3.06. The van der Waals surface area contributed by atoms with Gasteiger partial charge < -0.3 is 5.73 Å². The van der Waals surface area contributed by atoms with Crippen molar-refractivity contribution >= 4 is 17.7 Å². The molecule has 0 radical (unpaired) electrons. The number of carbonyl (C=O) groups is 3. The molecule has 0 saturated carbocycles. The van der Waals surface area contributed by atoms with Crippen molar-refractivity contribution in [3.8, 4) is 0 Å². The minimum absolute atomic E-state index is 0.0865. The van der Waals surface area contributed by atoms with E-state index >= 15 is 0 Å². The molecule has 7 heteroatoms. The number of benzene rings is 1. The second-order valence-electron chi connectivity index (χ2n) is 4.60. The average molecular weight is 297 g/mol. The van der Waals surface area contributed by atoms with E-state index in [2.05, 4.69) is 4.98 Å². The van der Waals surface area contributed by atoms with E-state index in [1.165, 1.54) is 6.07 Å². The fourth-order valence-electron chi connectivity index (χ4n) is 2.11. The highest BCUT2D eigenvalue weighted by atomic mass is 16.7. The maximum atomic E-state index is 12.1. The lowest BCUT2D eigenvalue weighted by molar-refractivity contribution is -0.102. The third-order valence-corrected chi connectivity index (χ3v) is 3.16. The summed E-state index contributed by atoms with van der Waals surface area (Å²) in [7, 11) is 0. The monoisotopic (exact) mass is 297 g/mol. The van der Waals surface area contributed by atoms with Crippen molar-refractivity contribution in [1.29, 1.82) is 0 Å². The lowest BCUT2D eigenvalue weighted by Crippen LogP contribution is -2.30. The zero-order valence-electron chi connectivity index (χ0n) is 11.4. The first-order valence-corrected chi connectivity index (χ1v) is 6.44. The second kappa shape index (κ2) is 5.38. The Morgan fingerprint density at radius 3 is 2.27 bits per heavy atom. The molecule has 3 amide bonds. The van der Waals surface area contributed by atoms with Crippen LogP contribution in [-0.2, 0) is 11.4 Å². The Labute approximate surface area is 125 Å². The summed E-state index contributed by atoms with van der Waals surface area (Å²) in [4.78, 5) is 44.5. The number of imide groups is 1. The minimum Gasteiger partial charge on any atom is -0.364 e. The van der Waals surface area contributed by atoms with Crippen molar-refractivity contribution < 1.29 is 19.2 Å². The summed E-state index contributed by atoms with van der Waals surface area (Å²) in [6.45, 7) is -0.132. The number of amides is 3. The number of fused-ring (bicyclic) bond motifs is 1. The lowest BCUT2D eigenvalue weighted by atomic mass is 10.1. The van der Waals surface area contributed by atoms with Crippen LogP contribution in [0.1, 0.15) is 36.9 Å². The minimum atomic E-state index is -0.664. The summed E-state index contributed by atoms with van der Waals surface area (Å²) in [5.74, 6) is -1.71. The Morgan fingerprint density at radius 2 is 1.68 bits per heavy atom. The van der Waals surface area contributed by atoms with Crippen LogP contribution in [0.25, 0.3) is 0 Å². The van der Waals surface area contributed by atoms with Crippen molar-refractivity contribution in [3.63, 3.8) is 0 Å². The average Bonchev–Trinajstić information content (AvgIpc) is 2.78. The van der Waals surface area contributed by atoms with Crippen LogP contribution in [-0.4, -0.2) is 27.8 Å². The summed E-state index contributed by atoms with van der Waals surface area (Å²) in [5, 5.41) is 0.698. The van der Waals surface area contributed by atoms with Crippen LogP contribution in [0.2, 0.25) is 0 Å². The van der Waals surface area contributed by atoms with Crippen molar-refractivity contribution in [1.82, 2.24) is 10.0 Å². The number of nitrogens with two attached hydrogens (primary N) is 1. The molecular formula is C15H11N3O4. The summed E-state index contributed by atoms with van der Waals surface area (Å²) in [6, 6.07) is 11.1. The third-order valence-electron chi connectivity index (χ3n) is 3.16. The molecule has 1 aromatic heterocycles. The maximum absolute atomic E-state index is 12.1. The molecule has 0 aliphatic carbocycles. The Morgan fingerprint density at radius 1 is 1.05 bits per heavy atom. The summed E-state index contributed by atoms with van der Waals surface area (Å²) >= 11 is 0. The number of hydrogen-bond acceptors (Lipinski definition) is 5. The van der Waals surface area contributed by atoms with Crippen LogP contribution >= 0.6 is 0 Å². The Balaban J connectivity index is 1.76. The van der Waals surface area contributed by atoms with E-state index in [1.54, 1.807) is 36.4 Å². The fourth-order valence-corrected chi connectivity index (χ4v) is 2.11. The van der Waals surface area contributed by atoms with Crippen LogP contribution < -0.4 is 5.73 Å². The molecule has 2 aromatic rings. The molecule has 0 saturated heterocycles. The van der Waals surface area contributed by atoms with Gasteiger partial charge >= 0.3 is 0 Å². The molecule has 0 bridgehead atoms. The van der Waals surface area contributed by atoms with Crippen LogP contribution in [0, 0.1) is 0 Å². The predicted octanol–water partition coefficient (Wildman–Crippen LogP) is 0.908. The molecule has 0 fully saturated rings. The number of hydroxylamine groups is 2. The standard InChI is InChI=1S/C15H11N3O4/c16-13(19)12-7-3-4-9(17-12)8-22-18-14(20)10-5-1-2-6-11(10)15(18)21/h1-7H,8H2,(H2,16,19). The molecule has 0 spiro atoms.